The summed E-state index contributed by atoms with van der Waals surface area (Å²) in [5.41, 5.74) is 3.15. The number of rotatable bonds is 4. The Hall–Kier alpha value is -4.50. The smallest absolute Gasteiger partial charge is 0.255 e. The van der Waals surface area contributed by atoms with Crippen LogP contribution in [0.2, 0.25) is 0 Å². The minimum Gasteiger partial charge on any atom is -0.322 e. The minimum absolute atomic E-state index is 0.290. The number of nitrogens with zero attached hydrogens (tertiary/aromatic N) is 2. The van der Waals surface area contributed by atoms with Crippen molar-refractivity contribution in [3.63, 3.8) is 0 Å². The Morgan fingerprint density at radius 1 is 0.800 bits per heavy atom. The van der Waals surface area contributed by atoms with Crippen molar-refractivity contribution in [2.75, 3.05) is 10.6 Å². The number of nitriles is 1. The van der Waals surface area contributed by atoms with Crippen molar-refractivity contribution in [2.45, 2.75) is 0 Å². The van der Waals surface area contributed by atoms with Gasteiger partial charge in [0.1, 0.15) is 0 Å². The quantitative estimate of drug-likeness (QED) is 0.530. The number of hydrogen-bond acceptors (Lipinski definition) is 4. The van der Waals surface area contributed by atoms with E-state index in [1.54, 1.807) is 60.8 Å². The number of aromatic nitrogens is 1. The number of fused-ring (bicyclic) bond motifs is 1. The average molecular weight is 392 g/mol. The predicted molar refractivity (Wildman–Crippen MR) is 115 cm³/mol. The summed E-state index contributed by atoms with van der Waals surface area (Å²) in [7, 11) is 0. The standard InChI is InChI=1S/C24H16N4O2/c25-15-16-4-1-7-20(14-16)27-23(29)18-9-11-19(12-10-18)24(30)28-21-8-2-5-17-6-3-13-26-22(17)21/h1-14H,(H,27,29)(H,28,30). The SMILES string of the molecule is N#Cc1cccc(NC(=O)c2ccc(C(=O)Nc3cccc4cccnc34)cc2)c1. The molecule has 1 aromatic heterocycles. The highest BCUT2D eigenvalue weighted by Crippen LogP contribution is 2.21. The van der Waals surface area contributed by atoms with E-state index in [-0.39, 0.29) is 11.8 Å². The lowest BCUT2D eigenvalue weighted by Crippen LogP contribution is -2.14. The van der Waals surface area contributed by atoms with Crippen molar-refractivity contribution >= 4 is 34.1 Å². The molecule has 3 aromatic carbocycles. The summed E-state index contributed by atoms with van der Waals surface area (Å²) in [5, 5.41) is 15.5. The Labute approximate surface area is 172 Å². The molecule has 0 aliphatic carbocycles. The summed E-state index contributed by atoms with van der Waals surface area (Å²) in [4.78, 5) is 29.4. The Kier molecular flexibility index (Phi) is 5.18. The largest absolute Gasteiger partial charge is 0.322 e. The molecule has 0 saturated carbocycles. The van der Waals surface area contributed by atoms with Crippen molar-refractivity contribution in [1.82, 2.24) is 4.98 Å². The third-order valence-corrected chi connectivity index (χ3v) is 4.54. The van der Waals surface area contributed by atoms with E-state index in [1.807, 2.05) is 30.3 Å². The molecule has 0 aliphatic heterocycles. The third kappa shape index (κ3) is 4.01. The summed E-state index contributed by atoms with van der Waals surface area (Å²) in [6.07, 6.45) is 1.68. The van der Waals surface area contributed by atoms with Crippen LogP contribution < -0.4 is 10.6 Å². The zero-order valence-electron chi connectivity index (χ0n) is 15.8. The number of para-hydroxylation sites is 1. The number of anilines is 2. The number of amides is 2. The number of carbonyl (C=O) groups excluding carboxylic acids is 2. The van der Waals surface area contributed by atoms with Crippen LogP contribution in [0.25, 0.3) is 10.9 Å². The second-order valence-corrected chi connectivity index (χ2v) is 6.56. The normalized spacial score (nSPS) is 10.2. The monoisotopic (exact) mass is 392 g/mol. The highest BCUT2D eigenvalue weighted by Gasteiger charge is 2.11. The topological polar surface area (TPSA) is 94.9 Å². The van der Waals surface area contributed by atoms with E-state index in [9.17, 15) is 9.59 Å². The second-order valence-electron chi connectivity index (χ2n) is 6.56. The summed E-state index contributed by atoms with van der Waals surface area (Å²) in [6.45, 7) is 0. The summed E-state index contributed by atoms with van der Waals surface area (Å²) in [6, 6.07) is 24.4. The molecular formula is C24H16N4O2. The molecule has 0 fully saturated rings. The van der Waals surface area contributed by atoms with E-state index >= 15 is 0 Å². The second kappa shape index (κ2) is 8.25. The molecular weight excluding hydrogens is 376 g/mol. The van der Waals surface area contributed by atoms with Gasteiger partial charge in [-0.25, -0.2) is 0 Å². The summed E-state index contributed by atoms with van der Waals surface area (Å²) in [5.74, 6) is -0.614. The molecule has 0 radical (unpaired) electrons. The molecule has 6 heteroatoms. The van der Waals surface area contributed by atoms with Crippen LogP contribution in [0.3, 0.4) is 0 Å². The van der Waals surface area contributed by atoms with Gasteiger partial charge in [-0.15, -0.1) is 0 Å². The lowest BCUT2D eigenvalue weighted by atomic mass is 10.1. The molecule has 30 heavy (non-hydrogen) atoms. The fraction of sp³-hybridized carbons (Fsp3) is 0. The van der Waals surface area contributed by atoms with E-state index < -0.39 is 0 Å². The first-order chi connectivity index (χ1) is 14.6. The lowest BCUT2D eigenvalue weighted by Gasteiger charge is -2.09. The van der Waals surface area contributed by atoms with Crippen LogP contribution in [0.1, 0.15) is 26.3 Å². The van der Waals surface area contributed by atoms with Gasteiger partial charge in [0.15, 0.2) is 0 Å². The van der Waals surface area contributed by atoms with Crippen molar-refractivity contribution < 1.29 is 9.59 Å². The number of benzene rings is 3. The molecule has 4 rings (SSSR count). The lowest BCUT2D eigenvalue weighted by molar-refractivity contribution is 0.101. The molecule has 6 nitrogen and oxygen atoms in total. The Morgan fingerprint density at radius 3 is 2.20 bits per heavy atom. The van der Waals surface area contributed by atoms with E-state index in [0.717, 1.165) is 5.39 Å². The highest BCUT2D eigenvalue weighted by molar-refractivity contribution is 6.09. The van der Waals surface area contributed by atoms with Crippen LogP contribution in [-0.4, -0.2) is 16.8 Å². The maximum atomic E-state index is 12.6. The number of pyridine rings is 1. The van der Waals surface area contributed by atoms with Crippen LogP contribution in [0.5, 0.6) is 0 Å². The van der Waals surface area contributed by atoms with Gasteiger partial charge in [-0.1, -0.05) is 24.3 Å². The number of nitrogens with one attached hydrogen (secondary N) is 2. The van der Waals surface area contributed by atoms with E-state index in [2.05, 4.69) is 15.6 Å². The van der Waals surface area contributed by atoms with Crippen LogP contribution in [0.4, 0.5) is 11.4 Å². The predicted octanol–water partition coefficient (Wildman–Crippen LogP) is 4.61. The van der Waals surface area contributed by atoms with Gasteiger partial charge in [0.05, 0.1) is 22.8 Å². The molecule has 0 spiro atoms. The van der Waals surface area contributed by atoms with Crippen molar-refractivity contribution in [3.8, 4) is 6.07 Å². The van der Waals surface area contributed by atoms with Crippen molar-refractivity contribution in [2.24, 2.45) is 0 Å². The van der Waals surface area contributed by atoms with Gasteiger partial charge in [-0.3, -0.25) is 14.6 Å². The molecule has 0 atom stereocenters. The highest BCUT2D eigenvalue weighted by atomic mass is 16.2. The van der Waals surface area contributed by atoms with Gasteiger partial charge in [0.2, 0.25) is 0 Å². The average Bonchev–Trinajstić information content (AvgIpc) is 2.79. The van der Waals surface area contributed by atoms with Crippen LogP contribution in [-0.2, 0) is 0 Å². The van der Waals surface area contributed by atoms with Gasteiger partial charge in [0.25, 0.3) is 11.8 Å². The maximum Gasteiger partial charge on any atom is 0.255 e. The van der Waals surface area contributed by atoms with Gasteiger partial charge >= 0.3 is 0 Å². The zero-order chi connectivity index (χ0) is 20.9. The van der Waals surface area contributed by atoms with Crippen molar-refractivity contribution in [3.05, 3.63) is 102 Å². The van der Waals surface area contributed by atoms with Crippen molar-refractivity contribution in [1.29, 1.82) is 5.26 Å². The molecule has 1 heterocycles. The summed E-state index contributed by atoms with van der Waals surface area (Å²) >= 11 is 0. The maximum absolute atomic E-state index is 12.6. The van der Waals surface area contributed by atoms with Gasteiger partial charge in [-0.2, -0.15) is 5.26 Å². The number of carbonyl (C=O) groups is 2. The van der Waals surface area contributed by atoms with Gasteiger partial charge in [-0.05, 0) is 54.6 Å². The van der Waals surface area contributed by atoms with Gasteiger partial charge < -0.3 is 10.6 Å². The van der Waals surface area contributed by atoms with Crippen LogP contribution in [0, 0.1) is 11.3 Å². The first kappa shape index (κ1) is 18.8. The third-order valence-electron chi connectivity index (χ3n) is 4.54. The Balaban J connectivity index is 1.48. The molecule has 0 bridgehead atoms. The van der Waals surface area contributed by atoms with E-state index in [1.165, 1.54) is 0 Å². The molecule has 2 amide bonds. The molecule has 0 aliphatic rings. The van der Waals surface area contributed by atoms with E-state index in [0.29, 0.717) is 33.6 Å². The summed E-state index contributed by atoms with van der Waals surface area (Å²) < 4.78 is 0. The zero-order valence-corrected chi connectivity index (χ0v) is 15.8. The molecule has 0 saturated heterocycles. The molecule has 2 N–H and O–H groups in total. The van der Waals surface area contributed by atoms with Crippen LogP contribution in [0.15, 0.2) is 85.1 Å². The molecule has 144 valence electrons. The van der Waals surface area contributed by atoms with Crippen LogP contribution >= 0.6 is 0 Å². The number of hydrogen-bond donors (Lipinski definition) is 2. The first-order valence-electron chi connectivity index (χ1n) is 9.21. The van der Waals surface area contributed by atoms with E-state index in [4.69, 9.17) is 5.26 Å². The fourth-order valence-electron chi connectivity index (χ4n) is 3.04. The molecule has 0 unspecified atom stereocenters. The Bertz CT molecular complexity index is 1290. The molecule has 4 aromatic rings. The first-order valence-corrected chi connectivity index (χ1v) is 9.21. The minimum atomic E-state index is -0.324. The van der Waals surface area contributed by atoms with Gasteiger partial charge in [0, 0.05) is 28.4 Å². The Morgan fingerprint density at radius 2 is 1.47 bits per heavy atom. The fourth-order valence-corrected chi connectivity index (χ4v) is 3.04.